The number of hydrogen-bond donors (Lipinski definition) is 4. The molecule has 0 fully saturated rings. The van der Waals surface area contributed by atoms with Crippen LogP contribution < -0.4 is 11.1 Å². The summed E-state index contributed by atoms with van der Waals surface area (Å²) in [4.78, 5) is 48.9. The summed E-state index contributed by atoms with van der Waals surface area (Å²) in [7, 11) is 0. The molecule has 0 unspecified atom stereocenters. The van der Waals surface area contributed by atoms with Gasteiger partial charge in [0.05, 0.1) is 11.1 Å². The third-order valence-corrected chi connectivity index (χ3v) is 3.96. The molecular formula is C20H18N2O8. The van der Waals surface area contributed by atoms with Crippen molar-refractivity contribution >= 4 is 33.7 Å². The van der Waals surface area contributed by atoms with E-state index in [1.54, 1.807) is 48.5 Å². The maximum Gasteiger partial charge on any atom is 0.336 e. The fourth-order valence-corrected chi connectivity index (χ4v) is 2.76. The van der Waals surface area contributed by atoms with Gasteiger partial charge in [0.1, 0.15) is 0 Å². The number of carbonyl (C=O) groups is 2. The average molecular weight is 414 g/mol. The first-order valence-electron chi connectivity index (χ1n) is 8.07. The van der Waals surface area contributed by atoms with E-state index in [0.29, 0.717) is 21.8 Å². The molecule has 4 rings (SSSR count). The quantitative estimate of drug-likeness (QED) is 0.373. The van der Waals surface area contributed by atoms with Gasteiger partial charge in [-0.15, -0.1) is 0 Å². The first-order valence-corrected chi connectivity index (χ1v) is 8.07. The van der Waals surface area contributed by atoms with Gasteiger partial charge in [-0.3, -0.25) is 9.59 Å². The van der Waals surface area contributed by atoms with E-state index in [2.05, 4.69) is 9.97 Å². The van der Waals surface area contributed by atoms with Gasteiger partial charge in [-0.05, 0) is 12.1 Å². The van der Waals surface area contributed by atoms with Crippen molar-refractivity contribution in [1.29, 1.82) is 0 Å². The molecule has 8 N–H and O–H groups in total. The maximum absolute atomic E-state index is 11.1. The van der Waals surface area contributed by atoms with Crippen molar-refractivity contribution in [3.8, 4) is 0 Å². The molecule has 0 spiro atoms. The van der Waals surface area contributed by atoms with E-state index in [4.69, 9.17) is 10.2 Å². The van der Waals surface area contributed by atoms with Gasteiger partial charge in [0.2, 0.25) is 11.1 Å². The normalized spacial score (nSPS) is 9.60. The van der Waals surface area contributed by atoms with E-state index >= 15 is 0 Å². The van der Waals surface area contributed by atoms with Crippen molar-refractivity contribution in [3.63, 3.8) is 0 Å². The van der Waals surface area contributed by atoms with E-state index < -0.39 is 23.1 Å². The fourth-order valence-electron chi connectivity index (χ4n) is 2.76. The first kappa shape index (κ1) is 23.8. The van der Waals surface area contributed by atoms with E-state index in [9.17, 15) is 19.2 Å². The third kappa shape index (κ3) is 4.95. The van der Waals surface area contributed by atoms with Crippen LogP contribution in [0.5, 0.6) is 0 Å². The smallest absolute Gasteiger partial charge is 0.336 e. The van der Waals surface area contributed by atoms with Crippen molar-refractivity contribution in [2.75, 3.05) is 0 Å². The van der Waals surface area contributed by atoms with Crippen molar-refractivity contribution in [3.05, 3.63) is 92.5 Å². The van der Waals surface area contributed by atoms with Crippen LogP contribution in [0.2, 0.25) is 0 Å². The Morgan fingerprint density at radius 1 is 0.633 bits per heavy atom. The molecule has 0 bridgehead atoms. The molecule has 10 heteroatoms. The molecule has 2 aromatic carbocycles. The highest BCUT2D eigenvalue weighted by Crippen LogP contribution is 2.14. The molecule has 2 aromatic heterocycles. The molecule has 30 heavy (non-hydrogen) atoms. The Kier molecular flexibility index (Phi) is 7.74. The second-order valence-corrected chi connectivity index (χ2v) is 5.80. The molecule has 0 saturated carbocycles. The number of aromatic carboxylic acids is 2. The van der Waals surface area contributed by atoms with Gasteiger partial charge in [-0.25, -0.2) is 9.59 Å². The second-order valence-electron chi connectivity index (χ2n) is 5.80. The summed E-state index contributed by atoms with van der Waals surface area (Å²) in [5.41, 5.74) is 0.339. The molecule has 0 aliphatic heterocycles. The molecule has 4 aromatic rings. The molecule has 0 aliphatic carbocycles. The minimum Gasteiger partial charge on any atom is -0.478 e. The van der Waals surface area contributed by atoms with Crippen LogP contribution in [0.15, 0.2) is 70.3 Å². The van der Waals surface area contributed by atoms with Crippen LogP contribution >= 0.6 is 0 Å². The van der Waals surface area contributed by atoms with Gasteiger partial charge in [0, 0.05) is 33.9 Å². The number of carboxylic acids is 2. The molecule has 0 saturated heterocycles. The molecule has 0 aliphatic rings. The van der Waals surface area contributed by atoms with Crippen molar-refractivity contribution in [1.82, 2.24) is 9.97 Å². The van der Waals surface area contributed by atoms with E-state index in [0.717, 1.165) is 12.1 Å². The van der Waals surface area contributed by atoms with Crippen molar-refractivity contribution in [2.24, 2.45) is 0 Å². The van der Waals surface area contributed by atoms with Gasteiger partial charge in [0.25, 0.3) is 0 Å². The van der Waals surface area contributed by atoms with E-state index in [-0.39, 0.29) is 22.1 Å². The Hall–Kier alpha value is -4.28. The number of H-pyrrole nitrogens is 2. The standard InChI is InChI=1S/2C10H7NO3.2H2O/c2*12-9-5-7(10(13)14)6-3-1-2-4-8(6)11-9;;/h2*1-5H,(H,11,12)(H,13,14);2*1H2. The lowest BCUT2D eigenvalue weighted by atomic mass is 10.1. The van der Waals surface area contributed by atoms with Crippen LogP contribution in [-0.4, -0.2) is 43.1 Å². The molecule has 0 amide bonds. The number of para-hydroxylation sites is 2. The number of carboxylic acid groups (broad SMARTS) is 2. The molecular weight excluding hydrogens is 396 g/mol. The number of hydrogen-bond acceptors (Lipinski definition) is 4. The number of nitrogens with one attached hydrogen (secondary N) is 2. The Morgan fingerprint density at radius 2 is 0.967 bits per heavy atom. The monoisotopic (exact) mass is 414 g/mol. The molecule has 0 radical (unpaired) electrons. The summed E-state index contributed by atoms with van der Waals surface area (Å²) < 4.78 is 0. The number of pyridine rings is 2. The minimum absolute atomic E-state index is 0. The predicted molar refractivity (Wildman–Crippen MR) is 110 cm³/mol. The van der Waals surface area contributed by atoms with Crippen LogP contribution in [0.4, 0.5) is 0 Å². The molecule has 156 valence electrons. The van der Waals surface area contributed by atoms with Gasteiger partial charge in [-0.1, -0.05) is 36.4 Å². The maximum atomic E-state index is 11.1. The zero-order valence-corrected chi connectivity index (χ0v) is 15.3. The minimum atomic E-state index is -1.09. The topological polar surface area (TPSA) is 203 Å². The van der Waals surface area contributed by atoms with Crippen molar-refractivity contribution in [2.45, 2.75) is 0 Å². The Bertz CT molecular complexity index is 1220. The molecule has 2 heterocycles. The Morgan fingerprint density at radius 3 is 1.30 bits per heavy atom. The lowest BCUT2D eigenvalue weighted by molar-refractivity contribution is 0.0688. The van der Waals surface area contributed by atoms with Gasteiger partial charge >= 0.3 is 11.9 Å². The number of fused-ring (bicyclic) bond motifs is 2. The van der Waals surface area contributed by atoms with Crippen LogP contribution in [0, 0.1) is 0 Å². The number of benzene rings is 2. The second kappa shape index (κ2) is 9.78. The number of rotatable bonds is 2. The zero-order valence-electron chi connectivity index (χ0n) is 15.3. The van der Waals surface area contributed by atoms with Crippen LogP contribution in [-0.2, 0) is 0 Å². The highest BCUT2D eigenvalue weighted by molar-refractivity contribution is 6.02. The average Bonchev–Trinajstić information content (AvgIpc) is 2.66. The van der Waals surface area contributed by atoms with Gasteiger partial charge in [0.15, 0.2) is 0 Å². The molecule has 0 atom stereocenters. The highest BCUT2D eigenvalue weighted by Gasteiger charge is 2.09. The number of aromatic amines is 2. The Labute approximate surface area is 167 Å². The summed E-state index contributed by atoms with van der Waals surface area (Å²) in [6.07, 6.45) is 0. The summed E-state index contributed by atoms with van der Waals surface area (Å²) in [5.74, 6) is -2.18. The van der Waals surface area contributed by atoms with Crippen LogP contribution in [0.3, 0.4) is 0 Å². The highest BCUT2D eigenvalue weighted by atomic mass is 16.4. The van der Waals surface area contributed by atoms with Gasteiger partial charge in [-0.2, -0.15) is 0 Å². The van der Waals surface area contributed by atoms with Crippen molar-refractivity contribution < 1.29 is 30.8 Å². The SMILES string of the molecule is O.O.O=C(O)c1cc(=O)[nH]c2ccccc12.O=C(O)c1cc(=O)[nH]c2ccccc12. The van der Waals surface area contributed by atoms with Gasteiger partial charge < -0.3 is 31.1 Å². The summed E-state index contributed by atoms with van der Waals surface area (Å²) >= 11 is 0. The number of aromatic nitrogens is 2. The van der Waals surface area contributed by atoms with Crippen LogP contribution in [0.25, 0.3) is 21.8 Å². The fraction of sp³-hybridized carbons (Fsp3) is 0. The van der Waals surface area contributed by atoms with E-state index in [1.165, 1.54) is 0 Å². The largest absolute Gasteiger partial charge is 0.478 e. The third-order valence-electron chi connectivity index (χ3n) is 3.96. The molecule has 10 nitrogen and oxygen atoms in total. The summed E-state index contributed by atoms with van der Waals surface area (Å²) in [6, 6.07) is 15.8. The lowest BCUT2D eigenvalue weighted by Crippen LogP contribution is -2.09. The summed E-state index contributed by atoms with van der Waals surface area (Å²) in [5, 5.41) is 18.8. The lowest BCUT2D eigenvalue weighted by Gasteiger charge is -2.00. The van der Waals surface area contributed by atoms with Crippen LogP contribution in [0.1, 0.15) is 20.7 Å². The zero-order chi connectivity index (χ0) is 20.3. The van der Waals surface area contributed by atoms with E-state index in [1.807, 2.05) is 0 Å². The first-order chi connectivity index (χ1) is 13.4. The Balaban J connectivity index is 0.000000281. The predicted octanol–water partition coefficient (Wildman–Crippen LogP) is 0.803. The summed E-state index contributed by atoms with van der Waals surface area (Å²) in [6.45, 7) is 0.